The van der Waals surface area contributed by atoms with Crippen molar-refractivity contribution in [3.05, 3.63) is 92.7 Å². The van der Waals surface area contributed by atoms with Gasteiger partial charge in [-0.25, -0.2) is 0 Å². The lowest BCUT2D eigenvalue weighted by Crippen LogP contribution is -2.44. The van der Waals surface area contributed by atoms with Gasteiger partial charge in [-0.3, -0.25) is 9.78 Å². The fraction of sp³-hybridized carbons (Fsp3) is 0.250. The maximum absolute atomic E-state index is 14.3. The Hall–Kier alpha value is -2.48. The number of pyridine rings is 1. The fourth-order valence-electron chi connectivity index (χ4n) is 4.14. The smallest absolute Gasteiger partial charge is 0.370 e. The number of anilines is 1. The van der Waals surface area contributed by atoms with Crippen LogP contribution in [0, 0.1) is 0 Å². The minimum absolute atomic E-state index is 0.0246. The van der Waals surface area contributed by atoms with Crippen molar-refractivity contribution >= 4 is 46.4 Å². The molecule has 178 valence electrons. The Bertz CT molecular complexity index is 1190. The Morgan fingerprint density at radius 3 is 2.41 bits per heavy atom. The number of rotatable bonds is 5. The summed E-state index contributed by atoms with van der Waals surface area (Å²) in [6.45, 7) is 0.0418. The van der Waals surface area contributed by atoms with E-state index in [-0.39, 0.29) is 52.2 Å². The largest absolute Gasteiger partial charge is 0.400 e. The van der Waals surface area contributed by atoms with Crippen molar-refractivity contribution in [2.24, 2.45) is 0 Å². The van der Waals surface area contributed by atoms with E-state index in [1.807, 2.05) is 6.07 Å². The van der Waals surface area contributed by atoms with Gasteiger partial charge in [-0.2, -0.15) is 13.2 Å². The number of nitrogens with one attached hydrogen (secondary N) is 1. The van der Waals surface area contributed by atoms with Crippen LogP contribution in [-0.2, 0) is 12.0 Å². The van der Waals surface area contributed by atoms with E-state index in [0.29, 0.717) is 11.4 Å². The van der Waals surface area contributed by atoms with Gasteiger partial charge >= 0.3 is 6.18 Å². The van der Waals surface area contributed by atoms with Gasteiger partial charge < -0.3 is 10.2 Å². The summed E-state index contributed by atoms with van der Waals surface area (Å²) < 4.78 is 43.0. The van der Waals surface area contributed by atoms with E-state index < -0.39 is 17.5 Å². The molecule has 1 N–H and O–H groups in total. The minimum Gasteiger partial charge on any atom is -0.370 e. The third-order valence-corrected chi connectivity index (χ3v) is 6.69. The molecule has 4 nitrogen and oxygen atoms in total. The summed E-state index contributed by atoms with van der Waals surface area (Å²) in [6.07, 6.45) is -3.07. The average Bonchev–Trinajstić information content (AvgIpc) is 3.25. The summed E-state index contributed by atoms with van der Waals surface area (Å²) >= 11 is 18.3. The number of nitrogens with zero attached hydrogens (tertiary/aromatic N) is 2. The van der Waals surface area contributed by atoms with Crippen molar-refractivity contribution in [3.8, 4) is 0 Å². The highest BCUT2D eigenvalue weighted by Crippen LogP contribution is 2.49. The quantitative estimate of drug-likeness (QED) is 0.402. The number of halogens is 6. The molecule has 0 radical (unpaired) electrons. The lowest BCUT2D eigenvalue weighted by molar-refractivity contribution is -0.184. The number of carbonyl (C=O) groups is 1. The fourth-order valence-corrected chi connectivity index (χ4v) is 4.93. The van der Waals surface area contributed by atoms with Crippen LogP contribution in [0.3, 0.4) is 0 Å². The maximum Gasteiger partial charge on any atom is 0.400 e. The molecule has 34 heavy (non-hydrogen) atoms. The first kappa shape index (κ1) is 24.6. The lowest BCUT2D eigenvalue weighted by Gasteiger charge is -2.33. The Morgan fingerprint density at radius 2 is 1.79 bits per heavy atom. The maximum atomic E-state index is 14.3. The Labute approximate surface area is 209 Å². The molecule has 1 aliphatic heterocycles. The molecule has 1 unspecified atom stereocenters. The summed E-state index contributed by atoms with van der Waals surface area (Å²) in [6, 6.07) is 14.0. The topological polar surface area (TPSA) is 45.2 Å². The molecule has 0 bridgehead atoms. The second-order valence-corrected chi connectivity index (χ2v) is 9.36. The molecule has 1 aromatic heterocycles. The van der Waals surface area contributed by atoms with Crippen LogP contribution in [0.2, 0.25) is 15.1 Å². The van der Waals surface area contributed by atoms with Gasteiger partial charge in [-0.1, -0.05) is 40.9 Å². The predicted molar refractivity (Wildman–Crippen MR) is 128 cm³/mol. The van der Waals surface area contributed by atoms with Gasteiger partial charge in [0.25, 0.3) is 5.91 Å². The summed E-state index contributed by atoms with van der Waals surface area (Å²) in [7, 11) is 0. The van der Waals surface area contributed by atoms with Crippen molar-refractivity contribution < 1.29 is 18.0 Å². The number of hydrogen-bond acceptors (Lipinski definition) is 3. The van der Waals surface area contributed by atoms with E-state index in [2.05, 4.69) is 10.3 Å². The van der Waals surface area contributed by atoms with Gasteiger partial charge in [0.05, 0.1) is 22.8 Å². The lowest BCUT2D eigenvalue weighted by atomic mass is 9.79. The summed E-state index contributed by atoms with van der Waals surface area (Å²) in [5.41, 5.74) is -0.705. The predicted octanol–water partition coefficient (Wildman–Crippen LogP) is 6.68. The monoisotopic (exact) mass is 527 g/mol. The van der Waals surface area contributed by atoms with Gasteiger partial charge in [-0.05, 0) is 60.5 Å². The van der Waals surface area contributed by atoms with Crippen LogP contribution in [0.25, 0.3) is 0 Å². The Kier molecular flexibility index (Phi) is 6.99. The Morgan fingerprint density at radius 1 is 1.06 bits per heavy atom. The van der Waals surface area contributed by atoms with Gasteiger partial charge in [-0.15, -0.1) is 0 Å². The van der Waals surface area contributed by atoms with Crippen LogP contribution in [0.5, 0.6) is 0 Å². The van der Waals surface area contributed by atoms with Gasteiger partial charge in [0.2, 0.25) is 0 Å². The normalized spacial score (nSPS) is 18.2. The molecule has 2 aromatic carbocycles. The van der Waals surface area contributed by atoms with Crippen LogP contribution < -0.4 is 10.2 Å². The highest BCUT2D eigenvalue weighted by molar-refractivity contribution is 6.35. The van der Waals surface area contributed by atoms with Crippen molar-refractivity contribution in [2.75, 3.05) is 18.0 Å². The Balaban J connectivity index is 1.55. The zero-order valence-corrected chi connectivity index (χ0v) is 19.9. The molecule has 1 fully saturated rings. The molecule has 0 spiro atoms. The molecule has 2 heterocycles. The van der Waals surface area contributed by atoms with Gasteiger partial charge in [0.1, 0.15) is 5.41 Å². The van der Waals surface area contributed by atoms with E-state index in [9.17, 15) is 18.0 Å². The standard InChI is InChI=1S/C24H19Cl3F3N3O/c25-16-9-15(10-17(26)11-16)23(24(28,29)30)6-8-33(14-23)19-4-5-20(21(27)12-19)22(34)32-13-18-3-1-2-7-31-18/h1-5,7,9-12H,6,8,13-14H2,(H,32,34). The third-order valence-electron chi connectivity index (χ3n) is 5.95. The molecule has 3 aromatic rings. The minimum atomic E-state index is -4.52. The highest BCUT2D eigenvalue weighted by Gasteiger charge is 2.59. The summed E-state index contributed by atoms with van der Waals surface area (Å²) in [4.78, 5) is 18.3. The molecule has 1 atom stereocenters. The van der Waals surface area contributed by atoms with Crippen molar-refractivity contribution in [2.45, 2.75) is 24.6 Å². The van der Waals surface area contributed by atoms with E-state index in [1.54, 1.807) is 29.3 Å². The van der Waals surface area contributed by atoms with E-state index in [4.69, 9.17) is 34.8 Å². The molecular formula is C24H19Cl3F3N3O. The van der Waals surface area contributed by atoms with Crippen LogP contribution in [0.15, 0.2) is 60.8 Å². The van der Waals surface area contributed by atoms with Crippen molar-refractivity contribution in [1.29, 1.82) is 0 Å². The third kappa shape index (κ3) is 4.97. The second-order valence-electron chi connectivity index (χ2n) is 8.08. The first-order valence-corrected chi connectivity index (χ1v) is 11.5. The van der Waals surface area contributed by atoms with Crippen molar-refractivity contribution in [3.63, 3.8) is 0 Å². The highest BCUT2D eigenvalue weighted by atomic mass is 35.5. The first-order chi connectivity index (χ1) is 16.1. The first-order valence-electron chi connectivity index (χ1n) is 10.3. The molecule has 0 aliphatic carbocycles. The van der Waals surface area contributed by atoms with Crippen LogP contribution >= 0.6 is 34.8 Å². The summed E-state index contributed by atoms with van der Waals surface area (Å²) in [5, 5.41) is 3.18. The summed E-state index contributed by atoms with van der Waals surface area (Å²) in [5.74, 6) is -0.401. The van der Waals surface area contributed by atoms with E-state index >= 15 is 0 Å². The van der Waals surface area contributed by atoms with Gasteiger partial charge in [0, 0.05) is 35.0 Å². The molecule has 10 heteroatoms. The van der Waals surface area contributed by atoms with E-state index in [0.717, 1.165) is 0 Å². The van der Waals surface area contributed by atoms with Crippen molar-refractivity contribution in [1.82, 2.24) is 10.3 Å². The zero-order valence-electron chi connectivity index (χ0n) is 17.7. The molecular weight excluding hydrogens is 510 g/mol. The molecule has 1 amide bonds. The van der Waals surface area contributed by atoms with E-state index in [1.165, 1.54) is 30.3 Å². The van der Waals surface area contributed by atoms with Crippen LogP contribution in [0.4, 0.5) is 18.9 Å². The SMILES string of the molecule is O=C(NCc1ccccn1)c1ccc(N2CCC(c3cc(Cl)cc(Cl)c3)(C(F)(F)F)C2)cc1Cl. The molecule has 1 saturated heterocycles. The number of alkyl halides is 3. The number of benzene rings is 2. The molecule has 1 aliphatic rings. The molecule has 0 saturated carbocycles. The van der Waals surface area contributed by atoms with Crippen LogP contribution in [0.1, 0.15) is 28.0 Å². The van der Waals surface area contributed by atoms with Gasteiger partial charge in [0.15, 0.2) is 0 Å². The molecule has 4 rings (SSSR count). The number of amides is 1. The average molecular weight is 529 g/mol. The zero-order chi connectivity index (χ0) is 24.5. The number of aromatic nitrogens is 1. The number of hydrogen-bond donors (Lipinski definition) is 1. The second kappa shape index (κ2) is 9.64. The van der Waals surface area contributed by atoms with Crippen LogP contribution in [-0.4, -0.2) is 30.2 Å². The number of carbonyl (C=O) groups excluding carboxylic acids is 1.